The molecule has 1 fully saturated rings. The van der Waals surface area contributed by atoms with Crippen molar-refractivity contribution in [3.63, 3.8) is 0 Å². The van der Waals surface area contributed by atoms with Crippen LogP contribution in [0.1, 0.15) is 41.3 Å². The molecule has 1 amide bonds. The van der Waals surface area contributed by atoms with Gasteiger partial charge in [0.15, 0.2) is 0 Å². The Morgan fingerprint density at radius 2 is 1.77 bits per heavy atom. The second-order valence-corrected chi connectivity index (χ2v) is 10.5. The maximum absolute atomic E-state index is 13.1. The first-order valence-corrected chi connectivity index (χ1v) is 12.3. The number of carbonyl (C=O) groups excluding carboxylic acids is 1. The third kappa shape index (κ3) is 5.66. The second kappa shape index (κ2) is 9.69. The van der Waals surface area contributed by atoms with E-state index in [2.05, 4.69) is 22.0 Å². The van der Waals surface area contributed by atoms with Crippen LogP contribution in [0.3, 0.4) is 0 Å². The second-order valence-electron chi connectivity index (χ2n) is 8.42. The van der Waals surface area contributed by atoms with Crippen LogP contribution in [-0.2, 0) is 10.0 Å². The first-order chi connectivity index (χ1) is 14.6. The molecular weight excluding hydrogens is 434 g/mol. The van der Waals surface area contributed by atoms with Crippen LogP contribution in [0.5, 0.6) is 0 Å². The van der Waals surface area contributed by atoms with Crippen LogP contribution in [0.4, 0.5) is 5.69 Å². The third-order valence-corrected chi connectivity index (χ3v) is 8.02. The number of nitrogens with zero attached hydrogens (tertiary/aromatic N) is 1. The molecule has 0 aromatic heterocycles. The molecule has 0 unspecified atom stereocenters. The van der Waals surface area contributed by atoms with Gasteiger partial charge >= 0.3 is 0 Å². The average Bonchev–Trinajstić information content (AvgIpc) is 2.70. The zero-order chi connectivity index (χ0) is 22.8. The summed E-state index contributed by atoms with van der Waals surface area (Å²) in [6.07, 6.45) is 1.92. The minimum absolute atomic E-state index is 0.131. The van der Waals surface area contributed by atoms with Gasteiger partial charge < -0.3 is 10.2 Å². The highest BCUT2D eigenvalue weighted by atomic mass is 35.5. The maximum Gasteiger partial charge on any atom is 0.255 e. The molecule has 6 nitrogen and oxygen atoms in total. The molecule has 3 rings (SSSR count). The van der Waals surface area contributed by atoms with E-state index < -0.39 is 10.0 Å². The third-order valence-electron chi connectivity index (χ3n) is 6.00. The molecule has 1 atom stereocenters. The van der Waals surface area contributed by atoms with E-state index >= 15 is 0 Å². The number of benzene rings is 2. The van der Waals surface area contributed by atoms with Crippen LogP contribution in [0.2, 0.25) is 5.02 Å². The molecule has 1 saturated heterocycles. The molecule has 0 saturated carbocycles. The van der Waals surface area contributed by atoms with Crippen molar-refractivity contribution in [3.8, 4) is 0 Å². The van der Waals surface area contributed by atoms with E-state index in [1.54, 1.807) is 25.1 Å². The van der Waals surface area contributed by atoms with Gasteiger partial charge in [0, 0.05) is 11.6 Å². The lowest BCUT2D eigenvalue weighted by Gasteiger charge is -2.33. The zero-order valence-corrected chi connectivity index (χ0v) is 20.0. The number of rotatable bonds is 6. The molecule has 0 radical (unpaired) electrons. The highest BCUT2D eigenvalue weighted by molar-refractivity contribution is 7.89. The van der Waals surface area contributed by atoms with Gasteiger partial charge in [0.25, 0.3) is 5.91 Å². The predicted octanol–water partition coefficient (Wildman–Crippen LogP) is 4.22. The summed E-state index contributed by atoms with van der Waals surface area (Å²) in [5.74, 6) is 0.0125. The van der Waals surface area contributed by atoms with E-state index in [0.29, 0.717) is 22.7 Å². The first kappa shape index (κ1) is 23.7. The highest BCUT2D eigenvalue weighted by Gasteiger charge is 2.28. The Balaban J connectivity index is 1.77. The van der Waals surface area contributed by atoms with Crippen LogP contribution in [0, 0.1) is 19.8 Å². The lowest BCUT2D eigenvalue weighted by molar-refractivity contribution is 0.102. The van der Waals surface area contributed by atoms with E-state index in [4.69, 9.17) is 11.6 Å². The van der Waals surface area contributed by atoms with E-state index in [1.807, 2.05) is 26.0 Å². The number of amides is 1. The van der Waals surface area contributed by atoms with Crippen molar-refractivity contribution in [2.24, 2.45) is 5.92 Å². The van der Waals surface area contributed by atoms with Gasteiger partial charge in [-0.25, -0.2) is 13.1 Å². The largest absolute Gasteiger partial charge is 0.321 e. The van der Waals surface area contributed by atoms with Gasteiger partial charge in [0.1, 0.15) is 0 Å². The van der Waals surface area contributed by atoms with Crippen molar-refractivity contribution in [1.29, 1.82) is 0 Å². The monoisotopic (exact) mass is 463 g/mol. The lowest BCUT2D eigenvalue weighted by Crippen LogP contribution is -2.43. The number of hydrogen-bond donors (Lipinski definition) is 2. The topological polar surface area (TPSA) is 78.5 Å². The van der Waals surface area contributed by atoms with Gasteiger partial charge in [-0.2, -0.15) is 0 Å². The molecule has 0 bridgehead atoms. The molecule has 2 N–H and O–H groups in total. The van der Waals surface area contributed by atoms with E-state index in [1.165, 1.54) is 6.07 Å². The van der Waals surface area contributed by atoms with Gasteiger partial charge in [-0.1, -0.05) is 29.8 Å². The minimum Gasteiger partial charge on any atom is -0.321 e. The predicted molar refractivity (Wildman–Crippen MR) is 125 cm³/mol. The van der Waals surface area contributed by atoms with Gasteiger partial charge in [0.2, 0.25) is 10.0 Å². The Bertz CT molecular complexity index is 1060. The van der Waals surface area contributed by atoms with Crippen LogP contribution in [0.25, 0.3) is 0 Å². The molecular formula is C23H30ClN3O3S. The van der Waals surface area contributed by atoms with E-state index in [-0.39, 0.29) is 21.9 Å². The number of sulfonamides is 1. The zero-order valence-electron chi connectivity index (χ0n) is 18.4. The smallest absolute Gasteiger partial charge is 0.255 e. The average molecular weight is 464 g/mol. The first-order valence-electron chi connectivity index (χ1n) is 10.5. The summed E-state index contributed by atoms with van der Waals surface area (Å²) in [5, 5.41) is 2.97. The highest BCUT2D eigenvalue weighted by Crippen LogP contribution is 2.30. The number of aryl methyl sites for hydroxylation is 2. The number of halogens is 1. The molecule has 1 aliphatic heterocycles. The van der Waals surface area contributed by atoms with Gasteiger partial charge in [-0.15, -0.1) is 0 Å². The molecule has 31 heavy (non-hydrogen) atoms. The number of carbonyl (C=O) groups is 1. The summed E-state index contributed by atoms with van der Waals surface area (Å²) >= 11 is 6.37. The molecule has 2 aromatic carbocycles. The fraction of sp³-hybridized carbons (Fsp3) is 0.435. The standard InChI is InChI=1S/C23H30ClN3O3S/c1-15-7-5-6-8-19(15)23(28)25-21-13-16(2)22(14-20(21)24)31(29,30)26-17(3)18-9-11-27(4)12-10-18/h5-8,13-14,17-18,26H,9-12H2,1-4H3,(H,25,28)/t17-/m1/s1. The Morgan fingerprint density at radius 1 is 1.13 bits per heavy atom. The quantitative estimate of drug-likeness (QED) is 0.672. The fourth-order valence-corrected chi connectivity index (χ4v) is 5.84. The van der Waals surface area contributed by atoms with Crippen LogP contribution < -0.4 is 10.0 Å². The maximum atomic E-state index is 13.1. The number of nitrogens with one attached hydrogen (secondary N) is 2. The molecule has 2 aromatic rings. The van der Waals surface area contributed by atoms with Gasteiger partial charge in [-0.3, -0.25) is 4.79 Å². The minimum atomic E-state index is -3.74. The Morgan fingerprint density at radius 3 is 2.42 bits per heavy atom. The molecule has 168 valence electrons. The summed E-state index contributed by atoms with van der Waals surface area (Å²) < 4.78 is 28.9. The fourth-order valence-electron chi connectivity index (χ4n) is 4.00. The summed E-state index contributed by atoms with van der Waals surface area (Å²) in [7, 11) is -1.66. The summed E-state index contributed by atoms with van der Waals surface area (Å²) in [5.41, 5.74) is 2.29. The summed E-state index contributed by atoms with van der Waals surface area (Å²) in [6, 6.07) is 10.1. The van der Waals surface area contributed by atoms with Gasteiger partial charge in [-0.05, 0) is 89.0 Å². The van der Waals surface area contributed by atoms with Crippen molar-refractivity contribution in [3.05, 3.63) is 58.1 Å². The number of anilines is 1. The molecule has 0 spiro atoms. The van der Waals surface area contributed by atoms with Crippen molar-refractivity contribution in [2.75, 3.05) is 25.5 Å². The van der Waals surface area contributed by atoms with Gasteiger partial charge in [0.05, 0.1) is 15.6 Å². The molecule has 8 heteroatoms. The molecule has 1 aliphatic rings. The van der Waals surface area contributed by atoms with E-state index in [0.717, 1.165) is 31.5 Å². The SMILES string of the molecule is Cc1ccccc1C(=O)Nc1cc(C)c(S(=O)(=O)N[C@H](C)C2CCN(C)CC2)cc1Cl. The van der Waals surface area contributed by atoms with Crippen molar-refractivity contribution in [2.45, 2.75) is 44.6 Å². The van der Waals surface area contributed by atoms with Crippen LogP contribution in [0.15, 0.2) is 41.3 Å². The Hall–Kier alpha value is -1.93. The number of hydrogen-bond acceptors (Lipinski definition) is 4. The van der Waals surface area contributed by atoms with Crippen LogP contribution >= 0.6 is 11.6 Å². The van der Waals surface area contributed by atoms with Crippen molar-refractivity contribution < 1.29 is 13.2 Å². The molecule has 1 heterocycles. The van der Waals surface area contributed by atoms with Crippen LogP contribution in [-0.4, -0.2) is 45.4 Å². The Kier molecular flexibility index (Phi) is 7.42. The Labute approximate surface area is 190 Å². The number of piperidine rings is 1. The molecule has 0 aliphatic carbocycles. The van der Waals surface area contributed by atoms with Crippen molar-refractivity contribution >= 4 is 33.2 Å². The van der Waals surface area contributed by atoms with Crippen molar-refractivity contribution in [1.82, 2.24) is 9.62 Å². The lowest BCUT2D eigenvalue weighted by atomic mass is 9.91. The normalized spacial score (nSPS) is 16.8. The summed E-state index contributed by atoms with van der Waals surface area (Å²) in [6.45, 7) is 7.41. The van der Waals surface area contributed by atoms with E-state index in [9.17, 15) is 13.2 Å². The number of likely N-dealkylation sites (tertiary alicyclic amines) is 1. The summed E-state index contributed by atoms with van der Waals surface area (Å²) in [4.78, 5) is 15.0.